The van der Waals surface area contributed by atoms with Gasteiger partial charge in [-0.15, -0.1) is 0 Å². The molecule has 1 saturated heterocycles. The predicted octanol–water partition coefficient (Wildman–Crippen LogP) is 2.63. The Morgan fingerprint density at radius 3 is 2.14 bits per heavy atom. The molecule has 0 aromatic heterocycles. The van der Waals surface area contributed by atoms with E-state index < -0.39 is 6.16 Å². The fraction of sp³-hybridized carbons (Fsp3) is 0.346. The van der Waals surface area contributed by atoms with Gasteiger partial charge in [-0.1, -0.05) is 12.1 Å². The number of carbonyl (C=O) groups excluding carboxylic acids is 5. The molecule has 4 rings (SSSR count). The molecule has 10 nitrogen and oxygen atoms in total. The van der Waals surface area contributed by atoms with Crippen molar-refractivity contribution in [3.05, 3.63) is 65.2 Å². The Morgan fingerprint density at radius 2 is 1.56 bits per heavy atom. The van der Waals surface area contributed by atoms with Crippen LogP contribution in [0.3, 0.4) is 0 Å². The van der Waals surface area contributed by atoms with Gasteiger partial charge in [-0.3, -0.25) is 24.1 Å². The molecule has 0 saturated carbocycles. The van der Waals surface area contributed by atoms with Gasteiger partial charge in [-0.25, -0.2) is 4.79 Å². The molecule has 0 bridgehead atoms. The fourth-order valence-corrected chi connectivity index (χ4v) is 4.27. The van der Waals surface area contributed by atoms with E-state index in [1.54, 1.807) is 48.2 Å². The van der Waals surface area contributed by atoms with Crippen LogP contribution >= 0.6 is 0 Å². The summed E-state index contributed by atoms with van der Waals surface area (Å²) in [5, 5.41) is 2.97. The van der Waals surface area contributed by atoms with E-state index in [0.717, 1.165) is 4.90 Å². The van der Waals surface area contributed by atoms with Gasteiger partial charge in [0, 0.05) is 37.7 Å². The summed E-state index contributed by atoms with van der Waals surface area (Å²) >= 11 is 0. The number of piperidine rings is 1. The lowest BCUT2D eigenvalue weighted by molar-refractivity contribution is -0.132. The lowest BCUT2D eigenvalue weighted by Gasteiger charge is -2.32. The van der Waals surface area contributed by atoms with Crippen LogP contribution in [0, 0.1) is 0 Å². The van der Waals surface area contributed by atoms with E-state index >= 15 is 0 Å². The summed E-state index contributed by atoms with van der Waals surface area (Å²) in [6.45, 7) is 2.86. The SMILES string of the molecule is CCOC(=O)Oc1ccc(C(=O)NC2CCN(C(=O)CCN3C(=O)c4ccccc4C3=O)CC2)cc1. The summed E-state index contributed by atoms with van der Waals surface area (Å²) in [5.74, 6) is -0.852. The van der Waals surface area contributed by atoms with Crippen molar-refractivity contribution in [1.82, 2.24) is 15.1 Å². The van der Waals surface area contributed by atoms with Crippen LogP contribution in [0.5, 0.6) is 5.75 Å². The minimum atomic E-state index is -0.806. The quantitative estimate of drug-likeness (QED) is 0.357. The Balaban J connectivity index is 1.21. The first-order valence-corrected chi connectivity index (χ1v) is 11.9. The molecule has 2 heterocycles. The second kappa shape index (κ2) is 11.0. The molecule has 10 heteroatoms. The second-order valence-corrected chi connectivity index (χ2v) is 8.50. The minimum absolute atomic E-state index is 0.0394. The largest absolute Gasteiger partial charge is 0.513 e. The highest BCUT2D eigenvalue weighted by Crippen LogP contribution is 2.23. The number of carbonyl (C=O) groups is 5. The van der Waals surface area contributed by atoms with Gasteiger partial charge in [0.1, 0.15) is 5.75 Å². The smallest absolute Gasteiger partial charge is 0.434 e. The van der Waals surface area contributed by atoms with Crippen LogP contribution < -0.4 is 10.1 Å². The maximum absolute atomic E-state index is 12.7. The third kappa shape index (κ3) is 5.54. The summed E-state index contributed by atoms with van der Waals surface area (Å²) in [6.07, 6.45) is 0.436. The molecule has 4 amide bonds. The number of hydrogen-bond donors (Lipinski definition) is 1. The van der Waals surface area contributed by atoms with Crippen molar-refractivity contribution in [2.24, 2.45) is 0 Å². The number of nitrogens with zero attached hydrogens (tertiary/aromatic N) is 2. The molecule has 188 valence electrons. The van der Waals surface area contributed by atoms with Crippen LogP contribution in [0.4, 0.5) is 4.79 Å². The molecule has 0 aliphatic carbocycles. The molecule has 0 spiro atoms. The van der Waals surface area contributed by atoms with E-state index in [-0.39, 0.29) is 55.0 Å². The maximum atomic E-state index is 12.7. The minimum Gasteiger partial charge on any atom is -0.434 e. The molecule has 0 radical (unpaired) electrons. The van der Waals surface area contributed by atoms with Crippen molar-refractivity contribution in [2.45, 2.75) is 32.2 Å². The first kappa shape index (κ1) is 24.9. The number of rotatable bonds is 7. The van der Waals surface area contributed by atoms with Crippen molar-refractivity contribution < 1.29 is 33.4 Å². The number of likely N-dealkylation sites (tertiary alicyclic amines) is 1. The van der Waals surface area contributed by atoms with E-state index in [0.29, 0.717) is 42.6 Å². The number of benzene rings is 2. The molecule has 1 N–H and O–H groups in total. The number of fused-ring (bicyclic) bond motifs is 1. The van der Waals surface area contributed by atoms with E-state index in [4.69, 9.17) is 9.47 Å². The maximum Gasteiger partial charge on any atom is 0.513 e. The van der Waals surface area contributed by atoms with Gasteiger partial charge in [0.2, 0.25) is 5.91 Å². The van der Waals surface area contributed by atoms with Crippen molar-refractivity contribution >= 4 is 29.8 Å². The first-order valence-electron chi connectivity index (χ1n) is 11.9. The summed E-state index contributed by atoms with van der Waals surface area (Å²) in [6, 6.07) is 12.7. The Hall–Kier alpha value is -4.21. The van der Waals surface area contributed by atoms with Gasteiger partial charge in [0.25, 0.3) is 17.7 Å². The standard InChI is InChI=1S/C26H27N3O7/c1-2-35-26(34)36-19-9-7-17(8-10-19)23(31)27-18-11-14-28(15-12-18)22(30)13-16-29-24(32)20-5-3-4-6-21(20)25(29)33/h3-10,18H,2,11-16H2,1H3,(H,27,31). The molecule has 0 atom stereocenters. The van der Waals surface area contributed by atoms with Crippen LogP contribution in [0.25, 0.3) is 0 Å². The van der Waals surface area contributed by atoms with Crippen molar-refractivity contribution in [3.63, 3.8) is 0 Å². The van der Waals surface area contributed by atoms with Crippen molar-refractivity contribution in [1.29, 1.82) is 0 Å². The summed E-state index contributed by atoms with van der Waals surface area (Å²) in [4.78, 5) is 64.4. The average molecular weight is 494 g/mol. The first-order chi connectivity index (χ1) is 17.4. The molecule has 2 aliphatic heterocycles. The third-order valence-electron chi connectivity index (χ3n) is 6.19. The summed E-state index contributed by atoms with van der Waals surface area (Å²) in [7, 11) is 0. The number of nitrogens with one attached hydrogen (secondary N) is 1. The monoisotopic (exact) mass is 493 g/mol. The van der Waals surface area contributed by atoms with Gasteiger partial charge < -0.3 is 19.7 Å². The van der Waals surface area contributed by atoms with Gasteiger partial charge in [0.05, 0.1) is 17.7 Å². The zero-order chi connectivity index (χ0) is 25.7. The number of ether oxygens (including phenoxy) is 2. The van der Waals surface area contributed by atoms with E-state index in [1.165, 1.54) is 12.1 Å². The fourth-order valence-electron chi connectivity index (χ4n) is 4.27. The highest BCUT2D eigenvalue weighted by atomic mass is 16.7. The highest BCUT2D eigenvalue weighted by molar-refractivity contribution is 6.21. The Morgan fingerprint density at radius 1 is 0.944 bits per heavy atom. The number of hydrogen-bond acceptors (Lipinski definition) is 7. The van der Waals surface area contributed by atoms with Crippen molar-refractivity contribution in [2.75, 3.05) is 26.2 Å². The van der Waals surface area contributed by atoms with Gasteiger partial charge in [-0.2, -0.15) is 0 Å². The normalized spacial score (nSPS) is 15.5. The van der Waals surface area contributed by atoms with Crippen LogP contribution in [0.2, 0.25) is 0 Å². The molecule has 36 heavy (non-hydrogen) atoms. The third-order valence-corrected chi connectivity index (χ3v) is 6.19. The van der Waals surface area contributed by atoms with Crippen LogP contribution in [-0.4, -0.2) is 71.9 Å². The van der Waals surface area contributed by atoms with Crippen LogP contribution in [0.15, 0.2) is 48.5 Å². The topological polar surface area (TPSA) is 122 Å². The highest BCUT2D eigenvalue weighted by Gasteiger charge is 2.35. The molecule has 0 unspecified atom stereocenters. The number of imide groups is 1. The molecule has 2 aromatic rings. The average Bonchev–Trinajstić information content (AvgIpc) is 3.13. The lowest BCUT2D eigenvalue weighted by Crippen LogP contribution is -2.47. The zero-order valence-electron chi connectivity index (χ0n) is 19.9. The Bertz CT molecular complexity index is 1140. The number of amides is 4. The second-order valence-electron chi connectivity index (χ2n) is 8.50. The van der Waals surface area contributed by atoms with Crippen LogP contribution in [-0.2, 0) is 9.53 Å². The Labute approximate surface area is 208 Å². The molecular weight excluding hydrogens is 466 g/mol. The zero-order valence-corrected chi connectivity index (χ0v) is 19.9. The van der Waals surface area contributed by atoms with E-state index in [1.807, 2.05) is 0 Å². The van der Waals surface area contributed by atoms with E-state index in [9.17, 15) is 24.0 Å². The van der Waals surface area contributed by atoms with Gasteiger partial charge >= 0.3 is 6.16 Å². The predicted molar refractivity (Wildman–Crippen MR) is 128 cm³/mol. The molecular formula is C26H27N3O7. The van der Waals surface area contributed by atoms with E-state index in [2.05, 4.69) is 5.32 Å². The summed E-state index contributed by atoms with van der Waals surface area (Å²) < 4.78 is 9.70. The molecule has 1 fully saturated rings. The van der Waals surface area contributed by atoms with Crippen molar-refractivity contribution in [3.8, 4) is 5.75 Å². The molecule has 2 aromatic carbocycles. The Kier molecular flexibility index (Phi) is 7.62. The van der Waals surface area contributed by atoms with Crippen LogP contribution in [0.1, 0.15) is 57.3 Å². The summed E-state index contributed by atoms with van der Waals surface area (Å²) in [5.41, 5.74) is 1.16. The van der Waals surface area contributed by atoms with Gasteiger partial charge in [0.15, 0.2) is 0 Å². The van der Waals surface area contributed by atoms with Gasteiger partial charge in [-0.05, 0) is 56.2 Å². The molecule has 2 aliphatic rings. The lowest BCUT2D eigenvalue weighted by atomic mass is 10.0.